The highest BCUT2D eigenvalue weighted by molar-refractivity contribution is 6.29. The Morgan fingerprint density at radius 1 is 1.38 bits per heavy atom. The molecule has 0 bridgehead atoms. The summed E-state index contributed by atoms with van der Waals surface area (Å²) in [6, 6.07) is 3.60. The number of hydrogen-bond acceptors (Lipinski definition) is 3. The first-order chi connectivity index (χ1) is 10.1. The molecule has 0 atom stereocenters. The summed E-state index contributed by atoms with van der Waals surface area (Å²) in [5.74, 6) is 1.13. The lowest BCUT2D eigenvalue weighted by Gasteiger charge is -2.20. The molecule has 0 unspecified atom stereocenters. The minimum absolute atomic E-state index is 0.440. The zero-order valence-corrected chi connectivity index (χ0v) is 12.2. The van der Waals surface area contributed by atoms with Gasteiger partial charge < -0.3 is 9.80 Å². The van der Waals surface area contributed by atoms with Crippen molar-refractivity contribution in [3.05, 3.63) is 39.2 Å². The molecule has 1 aliphatic heterocycles. The van der Waals surface area contributed by atoms with Crippen molar-refractivity contribution < 1.29 is 5.03 Å². The molecule has 2 aliphatic rings. The molecule has 2 heterocycles. The number of guanidine groups is 1. The molecule has 0 spiro atoms. The first-order valence-corrected chi connectivity index (χ1v) is 7.33. The van der Waals surface area contributed by atoms with Crippen LogP contribution < -0.4 is 0 Å². The SMILES string of the molecule is O=[N+]([O-])/N=C1/N(Cc2ccc(Cl)nc2)CCN1CC1CC1. The zero-order chi connectivity index (χ0) is 14.8. The second kappa shape index (κ2) is 5.85. The number of nitro groups is 1. The standard InChI is InChI=1S/C13H16ClN5O2/c14-12-4-3-11(7-15-12)9-18-6-5-17(8-10-1-2-10)13(18)16-19(20)21/h3-4,7,10H,1-2,5-6,8-9H2/b16-13+. The monoisotopic (exact) mass is 309 g/mol. The number of rotatable bonds is 5. The highest BCUT2D eigenvalue weighted by Gasteiger charge is 2.34. The predicted molar refractivity (Wildman–Crippen MR) is 78.4 cm³/mol. The van der Waals surface area contributed by atoms with Crippen molar-refractivity contribution in [2.45, 2.75) is 19.4 Å². The fourth-order valence-electron chi connectivity index (χ4n) is 2.50. The van der Waals surface area contributed by atoms with E-state index in [9.17, 15) is 10.1 Å². The molecule has 3 rings (SSSR count). The lowest BCUT2D eigenvalue weighted by atomic mass is 10.3. The van der Waals surface area contributed by atoms with Crippen molar-refractivity contribution >= 4 is 17.6 Å². The summed E-state index contributed by atoms with van der Waals surface area (Å²) < 4.78 is 0. The lowest BCUT2D eigenvalue weighted by molar-refractivity contribution is -0.486. The predicted octanol–water partition coefficient (Wildman–Crippen LogP) is 1.81. The van der Waals surface area contributed by atoms with Gasteiger partial charge in [0, 0.05) is 32.4 Å². The van der Waals surface area contributed by atoms with Crippen LogP contribution in [0, 0.1) is 16.0 Å². The average molecular weight is 310 g/mol. The number of aromatic nitrogens is 1. The second-order valence-electron chi connectivity index (χ2n) is 5.44. The molecule has 1 saturated carbocycles. The Bertz CT molecular complexity index is 558. The van der Waals surface area contributed by atoms with Crippen LogP contribution in [0.25, 0.3) is 0 Å². The van der Waals surface area contributed by atoms with Crippen molar-refractivity contribution in [3.8, 4) is 0 Å². The Morgan fingerprint density at radius 2 is 2.14 bits per heavy atom. The third-order valence-corrected chi connectivity index (χ3v) is 3.94. The van der Waals surface area contributed by atoms with Gasteiger partial charge in [-0.25, -0.2) is 15.1 Å². The normalized spacial score (nSPS) is 20.3. The summed E-state index contributed by atoms with van der Waals surface area (Å²) in [4.78, 5) is 18.8. The van der Waals surface area contributed by atoms with Crippen LogP contribution in [-0.2, 0) is 6.54 Å². The molecule has 8 heteroatoms. The molecule has 7 nitrogen and oxygen atoms in total. The molecule has 21 heavy (non-hydrogen) atoms. The third kappa shape index (κ3) is 3.60. The van der Waals surface area contributed by atoms with E-state index in [0.29, 0.717) is 23.6 Å². The van der Waals surface area contributed by atoms with E-state index in [2.05, 4.69) is 10.1 Å². The Hall–Kier alpha value is -1.89. The van der Waals surface area contributed by atoms with Crippen molar-refractivity contribution in [3.63, 3.8) is 0 Å². The average Bonchev–Trinajstić information content (AvgIpc) is 3.19. The van der Waals surface area contributed by atoms with E-state index in [0.717, 1.165) is 25.2 Å². The van der Waals surface area contributed by atoms with Gasteiger partial charge in [-0.1, -0.05) is 17.7 Å². The van der Waals surface area contributed by atoms with Crippen LogP contribution in [0.4, 0.5) is 0 Å². The summed E-state index contributed by atoms with van der Waals surface area (Å²) in [6.45, 7) is 2.94. The van der Waals surface area contributed by atoms with E-state index in [4.69, 9.17) is 11.6 Å². The molecule has 1 saturated heterocycles. The quantitative estimate of drug-likeness (QED) is 0.471. The number of hydrogen-bond donors (Lipinski definition) is 0. The molecule has 0 aromatic carbocycles. The van der Waals surface area contributed by atoms with Gasteiger partial charge in [0.2, 0.25) is 0 Å². The van der Waals surface area contributed by atoms with Gasteiger partial charge in [0.25, 0.3) is 5.96 Å². The summed E-state index contributed by atoms with van der Waals surface area (Å²) in [5, 5.41) is 14.2. The Balaban J connectivity index is 1.73. The number of halogens is 1. The highest BCUT2D eigenvalue weighted by atomic mass is 35.5. The summed E-state index contributed by atoms with van der Waals surface area (Å²) in [6.07, 6.45) is 4.11. The maximum absolute atomic E-state index is 10.8. The fraction of sp³-hybridized carbons (Fsp3) is 0.538. The second-order valence-corrected chi connectivity index (χ2v) is 5.83. The van der Waals surface area contributed by atoms with Gasteiger partial charge in [0.15, 0.2) is 5.03 Å². The molecule has 0 N–H and O–H groups in total. The van der Waals surface area contributed by atoms with E-state index >= 15 is 0 Å². The van der Waals surface area contributed by atoms with Crippen LogP contribution in [0.5, 0.6) is 0 Å². The van der Waals surface area contributed by atoms with Gasteiger partial charge in [-0.2, -0.15) is 0 Å². The molecular weight excluding hydrogens is 294 g/mol. The van der Waals surface area contributed by atoms with Gasteiger partial charge in [0.05, 0.1) is 0 Å². The molecule has 0 radical (unpaired) electrons. The Labute approximate surface area is 127 Å². The molecule has 2 fully saturated rings. The summed E-state index contributed by atoms with van der Waals surface area (Å²) >= 11 is 5.77. The minimum atomic E-state index is -0.617. The van der Waals surface area contributed by atoms with Crippen LogP contribution in [0.1, 0.15) is 18.4 Å². The molecule has 1 aromatic heterocycles. The van der Waals surface area contributed by atoms with E-state index in [1.807, 2.05) is 15.9 Å². The molecule has 112 valence electrons. The van der Waals surface area contributed by atoms with Crippen molar-refractivity contribution in [1.82, 2.24) is 14.8 Å². The molecule has 1 aliphatic carbocycles. The van der Waals surface area contributed by atoms with Gasteiger partial charge in [-0.3, -0.25) is 0 Å². The first kappa shape index (κ1) is 14.1. The van der Waals surface area contributed by atoms with Crippen molar-refractivity contribution in [1.29, 1.82) is 0 Å². The third-order valence-electron chi connectivity index (χ3n) is 3.71. The summed E-state index contributed by atoms with van der Waals surface area (Å²) in [7, 11) is 0. The molecular formula is C13H16ClN5O2. The van der Waals surface area contributed by atoms with Crippen LogP contribution in [0.2, 0.25) is 5.15 Å². The van der Waals surface area contributed by atoms with E-state index in [-0.39, 0.29) is 0 Å². The zero-order valence-electron chi connectivity index (χ0n) is 11.5. The Kier molecular flexibility index (Phi) is 3.92. The number of nitrogens with zero attached hydrogens (tertiary/aromatic N) is 5. The number of hydrazone groups is 1. The largest absolute Gasteiger partial charge is 0.336 e. The summed E-state index contributed by atoms with van der Waals surface area (Å²) in [5.41, 5.74) is 0.962. The maximum atomic E-state index is 10.8. The highest BCUT2D eigenvalue weighted by Crippen LogP contribution is 2.31. The maximum Gasteiger partial charge on any atom is 0.274 e. The van der Waals surface area contributed by atoms with Crippen molar-refractivity contribution in [2.24, 2.45) is 11.0 Å². The van der Waals surface area contributed by atoms with Gasteiger partial charge in [-0.05, 0) is 30.4 Å². The molecule has 0 amide bonds. The van der Waals surface area contributed by atoms with Crippen LogP contribution in [-0.4, -0.2) is 45.4 Å². The van der Waals surface area contributed by atoms with Crippen LogP contribution in [0.15, 0.2) is 23.4 Å². The van der Waals surface area contributed by atoms with E-state index in [1.54, 1.807) is 12.3 Å². The van der Waals surface area contributed by atoms with Crippen LogP contribution in [0.3, 0.4) is 0 Å². The topological polar surface area (TPSA) is 74.9 Å². The fourth-order valence-corrected chi connectivity index (χ4v) is 2.61. The minimum Gasteiger partial charge on any atom is -0.336 e. The number of pyridine rings is 1. The molecule has 1 aromatic rings. The van der Waals surface area contributed by atoms with E-state index < -0.39 is 5.03 Å². The van der Waals surface area contributed by atoms with E-state index in [1.165, 1.54) is 12.8 Å². The first-order valence-electron chi connectivity index (χ1n) is 6.95. The van der Waals surface area contributed by atoms with Crippen molar-refractivity contribution in [2.75, 3.05) is 19.6 Å². The van der Waals surface area contributed by atoms with Gasteiger partial charge in [0.1, 0.15) is 10.3 Å². The lowest BCUT2D eigenvalue weighted by Crippen LogP contribution is -2.35. The van der Waals surface area contributed by atoms with Crippen LogP contribution >= 0.6 is 11.6 Å². The Morgan fingerprint density at radius 3 is 2.76 bits per heavy atom. The van der Waals surface area contributed by atoms with Gasteiger partial charge >= 0.3 is 0 Å². The smallest absolute Gasteiger partial charge is 0.274 e. The van der Waals surface area contributed by atoms with Gasteiger partial charge in [-0.15, -0.1) is 0 Å².